The zero-order chi connectivity index (χ0) is 12.1. The molecule has 1 N–H and O–H groups in total. The molecule has 0 spiro atoms. The van der Waals surface area contributed by atoms with Crippen LogP contribution in [0.2, 0.25) is 0 Å². The molecule has 1 saturated carbocycles. The highest BCUT2D eigenvalue weighted by atomic mass is 14.9. The van der Waals surface area contributed by atoms with Gasteiger partial charge in [0.05, 0.1) is 6.07 Å². The fourth-order valence-electron chi connectivity index (χ4n) is 2.13. The van der Waals surface area contributed by atoms with Crippen molar-refractivity contribution in [1.82, 2.24) is 5.32 Å². The molecule has 0 aromatic heterocycles. The zero-order valence-electron chi connectivity index (χ0n) is 10.5. The number of rotatable bonds is 6. The topological polar surface area (TPSA) is 35.8 Å². The number of hydrogen-bond acceptors (Lipinski definition) is 2. The highest BCUT2D eigenvalue weighted by Crippen LogP contribution is 2.47. The molecule has 1 aliphatic carbocycles. The van der Waals surface area contributed by atoms with Gasteiger partial charge in [0.15, 0.2) is 0 Å². The van der Waals surface area contributed by atoms with Gasteiger partial charge in [-0.25, -0.2) is 0 Å². The van der Waals surface area contributed by atoms with Crippen molar-refractivity contribution in [3.8, 4) is 6.07 Å². The third-order valence-electron chi connectivity index (χ3n) is 3.67. The van der Waals surface area contributed by atoms with Crippen molar-refractivity contribution in [2.45, 2.75) is 39.2 Å². The van der Waals surface area contributed by atoms with Crippen molar-refractivity contribution in [1.29, 1.82) is 5.26 Å². The van der Waals surface area contributed by atoms with E-state index < -0.39 is 0 Å². The molecule has 1 aromatic rings. The summed E-state index contributed by atoms with van der Waals surface area (Å²) in [4.78, 5) is 0. The average Bonchev–Trinajstić information content (AvgIpc) is 3.11. The maximum absolute atomic E-state index is 8.74. The predicted octanol–water partition coefficient (Wildman–Crippen LogP) is 3.03. The van der Waals surface area contributed by atoms with Gasteiger partial charge < -0.3 is 5.32 Å². The normalized spacial score (nSPS) is 16.5. The average molecular weight is 228 g/mol. The van der Waals surface area contributed by atoms with Crippen LogP contribution in [0.25, 0.3) is 0 Å². The van der Waals surface area contributed by atoms with Crippen LogP contribution >= 0.6 is 0 Å². The summed E-state index contributed by atoms with van der Waals surface area (Å²) in [6.07, 6.45) is 4.22. The van der Waals surface area contributed by atoms with Crippen LogP contribution in [0.4, 0.5) is 0 Å². The lowest BCUT2D eigenvalue weighted by Crippen LogP contribution is -2.23. The number of aryl methyl sites for hydroxylation is 1. The molecule has 0 radical (unpaired) electrons. The molecular formula is C15H20N2. The van der Waals surface area contributed by atoms with Crippen LogP contribution in [-0.2, 0) is 13.0 Å². The quantitative estimate of drug-likeness (QED) is 0.812. The van der Waals surface area contributed by atoms with Gasteiger partial charge in [-0.1, -0.05) is 31.2 Å². The van der Waals surface area contributed by atoms with Gasteiger partial charge in [-0.3, -0.25) is 0 Å². The van der Waals surface area contributed by atoms with Gasteiger partial charge >= 0.3 is 0 Å². The predicted molar refractivity (Wildman–Crippen MR) is 69.4 cm³/mol. The van der Waals surface area contributed by atoms with E-state index in [1.807, 2.05) is 0 Å². The van der Waals surface area contributed by atoms with Gasteiger partial charge in [-0.2, -0.15) is 5.26 Å². The van der Waals surface area contributed by atoms with E-state index in [4.69, 9.17) is 5.26 Å². The van der Waals surface area contributed by atoms with Crippen LogP contribution in [0.5, 0.6) is 0 Å². The Morgan fingerprint density at radius 2 is 1.88 bits per heavy atom. The van der Waals surface area contributed by atoms with Gasteiger partial charge in [-0.15, -0.1) is 0 Å². The van der Waals surface area contributed by atoms with E-state index in [-0.39, 0.29) is 0 Å². The van der Waals surface area contributed by atoms with Crippen molar-refractivity contribution in [2.24, 2.45) is 5.41 Å². The second-order valence-electron chi connectivity index (χ2n) is 5.11. The molecular weight excluding hydrogens is 208 g/mol. The highest BCUT2D eigenvalue weighted by Gasteiger charge is 2.41. The number of nitriles is 1. The molecule has 17 heavy (non-hydrogen) atoms. The maximum Gasteiger partial charge on any atom is 0.0628 e. The lowest BCUT2D eigenvalue weighted by Gasteiger charge is -2.12. The monoisotopic (exact) mass is 228 g/mol. The second kappa shape index (κ2) is 5.33. The molecule has 0 saturated heterocycles. The second-order valence-corrected chi connectivity index (χ2v) is 5.11. The fourth-order valence-corrected chi connectivity index (χ4v) is 2.13. The first-order valence-corrected chi connectivity index (χ1v) is 6.43. The molecule has 0 unspecified atom stereocenters. The third-order valence-corrected chi connectivity index (χ3v) is 3.67. The van der Waals surface area contributed by atoms with E-state index >= 15 is 0 Å². The summed E-state index contributed by atoms with van der Waals surface area (Å²) in [5.74, 6) is 0. The van der Waals surface area contributed by atoms with Crippen molar-refractivity contribution in [3.63, 3.8) is 0 Å². The first-order chi connectivity index (χ1) is 8.28. The van der Waals surface area contributed by atoms with Crippen LogP contribution < -0.4 is 5.32 Å². The Hall–Kier alpha value is -1.33. The molecule has 1 aromatic carbocycles. The van der Waals surface area contributed by atoms with Crippen LogP contribution in [0.1, 0.15) is 37.3 Å². The summed E-state index contributed by atoms with van der Waals surface area (Å²) in [6.45, 7) is 4.07. The first-order valence-electron chi connectivity index (χ1n) is 6.43. The van der Waals surface area contributed by atoms with E-state index in [1.165, 1.54) is 24.0 Å². The summed E-state index contributed by atoms with van der Waals surface area (Å²) in [5.41, 5.74) is 3.02. The Morgan fingerprint density at radius 1 is 1.24 bits per heavy atom. The minimum absolute atomic E-state index is 0.304. The first kappa shape index (κ1) is 12.1. The maximum atomic E-state index is 8.74. The van der Waals surface area contributed by atoms with Crippen LogP contribution in [0.3, 0.4) is 0 Å². The summed E-state index contributed by atoms with van der Waals surface area (Å²) >= 11 is 0. The molecule has 0 bridgehead atoms. The number of nitrogens with one attached hydrogen (secondary N) is 1. The summed E-state index contributed by atoms with van der Waals surface area (Å²) in [7, 11) is 0. The van der Waals surface area contributed by atoms with E-state index in [0.29, 0.717) is 11.8 Å². The summed E-state index contributed by atoms with van der Waals surface area (Å²) < 4.78 is 0. The third kappa shape index (κ3) is 3.31. The molecule has 2 nitrogen and oxygen atoms in total. The molecule has 1 aliphatic rings. The van der Waals surface area contributed by atoms with Crippen molar-refractivity contribution in [3.05, 3.63) is 35.4 Å². The van der Waals surface area contributed by atoms with Crippen LogP contribution in [0.15, 0.2) is 24.3 Å². The summed E-state index contributed by atoms with van der Waals surface area (Å²) in [6, 6.07) is 11.1. The molecule has 0 aliphatic heterocycles. The van der Waals surface area contributed by atoms with E-state index in [9.17, 15) is 0 Å². The van der Waals surface area contributed by atoms with Crippen molar-refractivity contribution < 1.29 is 0 Å². The molecule has 2 rings (SSSR count). The van der Waals surface area contributed by atoms with E-state index in [2.05, 4.69) is 42.6 Å². The molecule has 0 heterocycles. The Balaban J connectivity index is 1.76. The van der Waals surface area contributed by atoms with Gasteiger partial charge in [0.25, 0.3) is 0 Å². The molecule has 2 heteroatoms. The molecule has 0 amide bonds. The van der Waals surface area contributed by atoms with Gasteiger partial charge in [-0.05, 0) is 35.8 Å². The highest BCUT2D eigenvalue weighted by molar-refractivity contribution is 5.22. The Morgan fingerprint density at radius 3 is 2.41 bits per heavy atom. The summed E-state index contributed by atoms with van der Waals surface area (Å²) in [5, 5.41) is 12.2. The SMILES string of the molecule is CCc1ccc(CNCC2(CC#N)CC2)cc1. The fraction of sp³-hybridized carbons (Fsp3) is 0.533. The molecule has 90 valence electrons. The Kier molecular flexibility index (Phi) is 3.81. The number of hydrogen-bond donors (Lipinski definition) is 1. The van der Waals surface area contributed by atoms with Gasteiger partial charge in [0.2, 0.25) is 0 Å². The smallest absolute Gasteiger partial charge is 0.0628 e. The molecule has 1 fully saturated rings. The van der Waals surface area contributed by atoms with Crippen molar-refractivity contribution in [2.75, 3.05) is 6.54 Å². The number of nitrogens with zero attached hydrogens (tertiary/aromatic N) is 1. The zero-order valence-corrected chi connectivity index (χ0v) is 10.5. The van der Waals surface area contributed by atoms with E-state index in [1.54, 1.807) is 0 Å². The lowest BCUT2D eigenvalue weighted by molar-refractivity contribution is 0.466. The van der Waals surface area contributed by atoms with Crippen LogP contribution in [0, 0.1) is 16.7 Å². The van der Waals surface area contributed by atoms with E-state index in [0.717, 1.165) is 19.5 Å². The largest absolute Gasteiger partial charge is 0.312 e. The minimum Gasteiger partial charge on any atom is -0.312 e. The van der Waals surface area contributed by atoms with Gasteiger partial charge in [0.1, 0.15) is 0 Å². The standard InChI is InChI=1S/C15H20N2/c1-2-13-3-5-14(6-4-13)11-17-12-15(7-8-15)9-10-16/h3-6,17H,2,7-9,11-12H2,1H3. The van der Waals surface area contributed by atoms with Gasteiger partial charge in [0, 0.05) is 19.5 Å². The lowest BCUT2D eigenvalue weighted by atomic mass is 10.0. The minimum atomic E-state index is 0.304. The number of benzene rings is 1. The van der Waals surface area contributed by atoms with Crippen LogP contribution in [-0.4, -0.2) is 6.54 Å². The molecule has 0 atom stereocenters. The Labute approximate surface area is 104 Å². The van der Waals surface area contributed by atoms with Crippen molar-refractivity contribution >= 4 is 0 Å². The Bertz CT molecular complexity index is 396.